The topological polar surface area (TPSA) is 105 Å². The number of carbonyl (C=O) groups excluding carboxylic acids is 3. The molecule has 1 heterocycles. The van der Waals surface area contributed by atoms with Crippen LogP contribution in [0.4, 0.5) is 0 Å². The van der Waals surface area contributed by atoms with E-state index < -0.39 is 17.7 Å². The zero-order chi connectivity index (χ0) is 13.1. The van der Waals surface area contributed by atoms with Gasteiger partial charge in [0.05, 0.1) is 11.8 Å². The highest BCUT2D eigenvalue weighted by Crippen LogP contribution is 2.18. The van der Waals surface area contributed by atoms with Gasteiger partial charge in [0.15, 0.2) is 0 Å². The van der Waals surface area contributed by atoms with Crippen molar-refractivity contribution in [2.45, 2.75) is 18.9 Å². The Hall–Kier alpha value is -2.38. The Balaban J connectivity index is 1.78. The summed E-state index contributed by atoms with van der Waals surface area (Å²) in [4.78, 5) is 34.1. The summed E-state index contributed by atoms with van der Waals surface area (Å²) in [7, 11) is 1.67. The van der Waals surface area contributed by atoms with Crippen molar-refractivity contribution in [2.75, 3.05) is 0 Å². The van der Waals surface area contributed by atoms with Gasteiger partial charge in [-0.25, -0.2) is 0 Å². The largest absolute Gasteiger partial charge is 0.345 e. The van der Waals surface area contributed by atoms with Crippen molar-refractivity contribution < 1.29 is 14.4 Å². The van der Waals surface area contributed by atoms with E-state index in [2.05, 4.69) is 15.8 Å². The van der Waals surface area contributed by atoms with Crippen LogP contribution in [0.5, 0.6) is 0 Å². The molecule has 3 N–H and O–H groups in total. The Morgan fingerprint density at radius 2 is 2.00 bits per heavy atom. The van der Waals surface area contributed by atoms with Gasteiger partial charge in [-0.1, -0.05) is 0 Å². The second-order valence-electron chi connectivity index (χ2n) is 4.06. The third-order valence-electron chi connectivity index (χ3n) is 2.38. The van der Waals surface area contributed by atoms with E-state index in [0.717, 1.165) is 12.8 Å². The highest BCUT2D eigenvalue weighted by molar-refractivity contribution is 6.35. The molecule has 8 heteroatoms. The molecule has 2 rings (SSSR count). The maximum Gasteiger partial charge on any atom is 0.327 e. The summed E-state index contributed by atoms with van der Waals surface area (Å²) < 4.78 is 1.45. The van der Waals surface area contributed by atoms with Crippen molar-refractivity contribution in [3.63, 3.8) is 0 Å². The molecule has 0 spiro atoms. The number of amides is 3. The molecule has 0 aliphatic heterocycles. The first-order chi connectivity index (χ1) is 8.56. The Morgan fingerprint density at radius 3 is 2.56 bits per heavy atom. The third-order valence-corrected chi connectivity index (χ3v) is 2.38. The van der Waals surface area contributed by atoms with Crippen LogP contribution >= 0.6 is 0 Å². The molecule has 1 saturated carbocycles. The summed E-state index contributed by atoms with van der Waals surface area (Å²) in [6.45, 7) is 0. The van der Waals surface area contributed by atoms with E-state index in [1.165, 1.54) is 17.1 Å². The summed E-state index contributed by atoms with van der Waals surface area (Å²) in [6.07, 6.45) is 4.62. The van der Waals surface area contributed by atoms with Crippen molar-refractivity contribution in [3.8, 4) is 0 Å². The van der Waals surface area contributed by atoms with Gasteiger partial charge in [0.2, 0.25) is 0 Å². The number of nitrogens with zero attached hydrogens (tertiary/aromatic N) is 2. The number of hydrazine groups is 1. The smallest absolute Gasteiger partial charge is 0.327 e. The monoisotopic (exact) mass is 251 g/mol. The molecule has 3 amide bonds. The highest BCUT2D eigenvalue weighted by atomic mass is 16.2. The predicted molar refractivity (Wildman–Crippen MR) is 60.0 cm³/mol. The van der Waals surface area contributed by atoms with Crippen molar-refractivity contribution in [2.24, 2.45) is 7.05 Å². The number of rotatable bonds is 2. The van der Waals surface area contributed by atoms with Crippen LogP contribution in [0.15, 0.2) is 12.4 Å². The van der Waals surface area contributed by atoms with E-state index in [0.29, 0.717) is 5.56 Å². The molecule has 96 valence electrons. The molecule has 18 heavy (non-hydrogen) atoms. The van der Waals surface area contributed by atoms with Crippen LogP contribution in [0.1, 0.15) is 23.2 Å². The fraction of sp³-hybridized carbons (Fsp3) is 0.400. The van der Waals surface area contributed by atoms with Gasteiger partial charge in [0.1, 0.15) is 0 Å². The molecule has 1 aromatic rings. The molecule has 8 nitrogen and oxygen atoms in total. The molecule has 1 aromatic heterocycles. The molecule has 0 aromatic carbocycles. The summed E-state index contributed by atoms with van der Waals surface area (Å²) in [5, 5.41) is 6.31. The summed E-state index contributed by atoms with van der Waals surface area (Å²) in [5.74, 6) is -2.17. The highest BCUT2D eigenvalue weighted by Gasteiger charge is 2.26. The molecular weight excluding hydrogens is 238 g/mol. The molecular formula is C10H13N5O3. The molecule has 1 aliphatic rings. The van der Waals surface area contributed by atoms with E-state index in [-0.39, 0.29) is 6.04 Å². The number of nitrogens with one attached hydrogen (secondary N) is 3. The van der Waals surface area contributed by atoms with Crippen molar-refractivity contribution in [1.82, 2.24) is 25.9 Å². The van der Waals surface area contributed by atoms with Gasteiger partial charge >= 0.3 is 11.8 Å². The number of hydrogen-bond acceptors (Lipinski definition) is 4. The van der Waals surface area contributed by atoms with Gasteiger partial charge in [-0.15, -0.1) is 0 Å². The van der Waals surface area contributed by atoms with Gasteiger partial charge < -0.3 is 5.32 Å². The lowest BCUT2D eigenvalue weighted by molar-refractivity contribution is -0.139. The van der Waals surface area contributed by atoms with Gasteiger partial charge in [0.25, 0.3) is 5.91 Å². The van der Waals surface area contributed by atoms with Crippen molar-refractivity contribution in [3.05, 3.63) is 18.0 Å². The van der Waals surface area contributed by atoms with Gasteiger partial charge in [-0.05, 0) is 12.8 Å². The Kier molecular flexibility index (Phi) is 3.26. The maximum atomic E-state index is 11.5. The minimum Gasteiger partial charge on any atom is -0.345 e. The molecule has 0 unspecified atom stereocenters. The molecule has 0 radical (unpaired) electrons. The zero-order valence-electron chi connectivity index (χ0n) is 9.77. The number of carbonyl (C=O) groups is 3. The standard InChI is InChI=1S/C10H13N5O3/c1-15-5-6(4-11-15)8(16)13-14-10(18)9(17)12-7-2-3-7/h4-5,7H,2-3H2,1H3,(H,12,17)(H,13,16)(H,14,18). The zero-order valence-corrected chi connectivity index (χ0v) is 9.77. The minimum atomic E-state index is -0.890. The predicted octanol–water partition coefficient (Wildman–Crippen LogP) is -1.54. The average molecular weight is 251 g/mol. The van der Waals surface area contributed by atoms with E-state index in [4.69, 9.17) is 0 Å². The second kappa shape index (κ2) is 4.86. The molecule has 0 atom stereocenters. The summed E-state index contributed by atoms with van der Waals surface area (Å²) in [5.41, 5.74) is 4.46. The molecule has 1 fully saturated rings. The van der Waals surface area contributed by atoms with Crippen LogP contribution in [0.2, 0.25) is 0 Å². The number of hydrogen-bond donors (Lipinski definition) is 3. The third kappa shape index (κ3) is 3.06. The van der Waals surface area contributed by atoms with Crippen LogP contribution in [-0.2, 0) is 16.6 Å². The van der Waals surface area contributed by atoms with Crippen LogP contribution in [0.25, 0.3) is 0 Å². The first kappa shape index (κ1) is 12.1. The quantitative estimate of drug-likeness (QED) is 0.437. The van der Waals surface area contributed by atoms with E-state index in [1.54, 1.807) is 7.05 Å². The van der Waals surface area contributed by atoms with Gasteiger partial charge in [0, 0.05) is 19.3 Å². The lowest BCUT2D eigenvalue weighted by atomic mass is 10.3. The number of aromatic nitrogens is 2. The first-order valence-electron chi connectivity index (χ1n) is 5.46. The fourth-order valence-corrected chi connectivity index (χ4v) is 1.26. The molecule has 1 aliphatic carbocycles. The Bertz CT molecular complexity index is 491. The van der Waals surface area contributed by atoms with Gasteiger partial charge in [-0.3, -0.25) is 29.9 Å². The van der Waals surface area contributed by atoms with Crippen LogP contribution in [0.3, 0.4) is 0 Å². The van der Waals surface area contributed by atoms with Crippen LogP contribution in [-0.4, -0.2) is 33.5 Å². The first-order valence-corrected chi connectivity index (χ1v) is 5.46. The fourth-order valence-electron chi connectivity index (χ4n) is 1.26. The van der Waals surface area contributed by atoms with Crippen LogP contribution < -0.4 is 16.2 Å². The van der Waals surface area contributed by atoms with E-state index in [1.807, 2.05) is 5.43 Å². The molecule has 0 bridgehead atoms. The van der Waals surface area contributed by atoms with Gasteiger partial charge in [-0.2, -0.15) is 5.10 Å². The lowest BCUT2D eigenvalue weighted by Crippen LogP contribution is -2.48. The lowest BCUT2D eigenvalue weighted by Gasteiger charge is -2.05. The van der Waals surface area contributed by atoms with E-state index in [9.17, 15) is 14.4 Å². The Morgan fingerprint density at radius 1 is 1.28 bits per heavy atom. The number of aryl methyl sites for hydroxylation is 1. The normalized spacial score (nSPS) is 13.8. The average Bonchev–Trinajstić information content (AvgIpc) is 3.04. The minimum absolute atomic E-state index is 0.0947. The van der Waals surface area contributed by atoms with E-state index >= 15 is 0 Å². The van der Waals surface area contributed by atoms with Crippen molar-refractivity contribution >= 4 is 17.7 Å². The second-order valence-corrected chi connectivity index (χ2v) is 4.06. The van der Waals surface area contributed by atoms with Crippen LogP contribution in [0, 0.1) is 0 Å². The Labute approximate surface area is 103 Å². The SMILES string of the molecule is Cn1cc(C(=O)NNC(=O)C(=O)NC2CC2)cn1. The molecule has 0 saturated heterocycles. The van der Waals surface area contributed by atoms with Crippen molar-refractivity contribution in [1.29, 1.82) is 0 Å². The summed E-state index contributed by atoms with van der Waals surface area (Å²) in [6, 6.07) is 0.0947. The summed E-state index contributed by atoms with van der Waals surface area (Å²) >= 11 is 0. The maximum absolute atomic E-state index is 11.5.